The Morgan fingerprint density at radius 3 is 2.76 bits per heavy atom. The fourth-order valence-electron chi connectivity index (χ4n) is 3.50. The normalized spacial score (nSPS) is 16.2. The van der Waals surface area contributed by atoms with Crippen molar-refractivity contribution < 1.29 is 14.3 Å². The zero-order valence-corrected chi connectivity index (χ0v) is 16.7. The number of pyridine rings is 1. The number of benzene rings is 2. The van der Waals surface area contributed by atoms with Crippen LogP contribution in [0.4, 0.5) is 0 Å². The fraction of sp³-hybridized carbons (Fsp3) is 0.333. The van der Waals surface area contributed by atoms with E-state index in [2.05, 4.69) is 11.9 Å². The van der Waals surface area contributed by atoms with Crippen LogP contribution in [0.5, 0.6) is 11.6 Å². The molecule has 150 valence electrons. The molecule has 5 heteroatoms. The largest absolute Gasteiger partial charge is 0.494 e. The Kier molecular flexibility index (Phi) is 5.94. The van der Waals surface area contributed by atoms with Gasteiger partial charge in [0, 0.05) is 30.0 Å². The van der Waals surface area contributed by atoms with Crippen molar-refractivity contribution in [1.29, 1.82) is 0 Å². The zero-order valence-electron chi connectivity index (χ0n) is 16.7. The molecule has 0 spiro atoms. The first-order valence-electron chi connectivity index (χ1n) is 10.3. The number of ether oxygens (including phenoxy) is 2. The van der Waals surface area contributed by atoms with Gasteiger partial charge in [0.2, 0.25) is 5.88 Å². The summed E-state index contributed by atoms with van der Waals surface area (Å²) < 4.78 is 11.7. The molecule has 29 heavy (non-hydrogen) atoms. The Hall–Kier alpha value is -3.08. The van der Waals surface area contributed by atoms with Crippen LogP contribution in [-0.2, 0) is 0 Å². The molecule has 4 rings (SSSR count). The zero-order chi connectivity index (χ0) is 20.1. The molecule has 1 fully saturated rings. The molecule has 1 unspecified atom stereocenters. The Morgan fingerprint density at radius 1 is 1.10 bits per heavy atom. The summed E-state index contributed by atoms with van der Waals surface area (Å²) in [6.45, 7) is 4.10. The second-order valence-corrected chi connectivity index (χ2v) is 7.35. The summed E-state index contributed by atoms with van der Waals surface area (Å²) in [6.07, 6.45) is 2.90. The number of aromatic nitrogens is 1. The van der Waals surface area contributed by atoms with Crippen molar-refractivity contribution >= 4 is 16.8 Å². The lowest BCUT2D eigenvalue weighted by Gasteiger charge is -2.17. The number of rotatable bonds is 7. The van der Waals surface area contributed by atoms with Gasteiger partial charge in [0.1, 0.15) is 11.9 Å². The van der Waals surface area contributed by atoms with Crippen molar-refractivity contribution in [2.75, 3.05) is 19.7 Å². The highest BCUT2D eigenvalue weighted by molar-refractivity contribution is 5.94. The number of carbonyl (C=O) groups is 1. The van der Waals surface area contributed by atoms with E-state index in [1.165, 1.54) is 0 Å². The highest BCUT2D eigenvalue weighted by Crippen LogP contribution is 2.22. The number of nitrogens with zero attached hydrogens (tertiary/aromatic N) is 2. The van der Waals surface area contributed by atoms with E-state index in [0.29, 0.717) is 31.1 Å². The lowest BCUT2D eigenvalue weighted by Crippen LogP contribution is -2.31. The minimum absolute atomic E-state index is 0.0303. The van der Waals surface area contributed by atoms with Gasteiger partial charge in [0.05, 0.1) is 18.7 Å². The maximum atomic E-state index is 12.8. The summed E-state index contributed by atoms with van der Waals surface area (Å²) in [5, 5.41) is 1.09. The van der Waals surface area contributed by atoms with E-state index in [1.54, 1.807) is 0 Å². The van der Waals surface area contributed by atoms with Crippen LogP contribution in [0.15, 0.2) is 60.7 Å². The number of hydrogen-bond acceptors (Lipinski definition) is 4. The Balaban J connectivity index is 1.34. The molecule has 3 aromatic rings. The summed E-state index contributed by atoms with van der Waals surface area (Å²) >= 11 is 0. The second-order valence-electron chi connectivity index (χ2n) is 7.35. The number of likely N-dealkylation sites (tertiary alicyclic amines) is 1. The van der Waals surface area contributed by atoms with Crippen molar-refractivity contribution in [3.8, 4) is 11.6 Å². The number of unbranched alkanes of at least 4 members (excludes halogenated alkanes) is 1. The Bertz CT molecular complexity index is 971. The van der Waals surface area contributed by atoms with E-state index in [4.69, 9.17) is 9.47 Å². The number of para-hydroxylation sites is 1. The van der Waals surface area contributed by atoms with E-state index < -0.39 is 0 Å². The van der Waals surface area contributed by atoms with Crippen LogP contribution in [-0.4, -0.2) is 41.6 Å². The van der Waals surface area contributed by atoms with E-state index in [9.17, 15) is 4.79 Å². The molecular formula is C24H26N2O3. The molecule has 1 atom stereocenters. The molecule has 1 aliphatic rings. The van der Waals surface area contributed by atoms with Gasteiger partial charge in [-0.25, -0.2) is 4.98 Å². The summed E-state index contributed by atoms with van der Waals surface area (Å²) in [5.74, 6) is 1.44. The number of hydrogen-bond donors (Lipinski definition) is 0. The van der Waals surface area contributed by atoms with Gasteiger partial charge in [-0.15, -0.1) is 0 Å². The van der Waals surface area contributed by atoms with E-state index >= 15 is 0 Å². The molecule has 1 saturated heterocycles. The molecule has 0 N–H and O–H groups in total. The van der Waals surface area contributed by atoms with Gasteiger partial charge in [-0.1, -0.05) is 31.5 Å². The van der Waals surface area contributed by atoms with Crippen LogP contribution in [0.2, 0.25) is 0 Å². The summed E-state index contributed by atoms with van der Waals surface area (Å²) in [4.78, 5) is 19.2. The SMILES string of the molecule is CCCCOc1ccc(C(=O)N2CCC(Oc3ccc4ccccc4n3)C2)cc1. The minimum atomic E-state index is -0.0377. The van der Waals surface area contributed by atoms with Crippen LogP contribution >= 0.6 is 0 Å². The molecule has 1 aliphatic heterocycles. The summed E-state index contributed by atoms with van der Waals surface area (Å²) in [5.41, 5.74) is 1.59. The average molecular weight is 390 g/mol. The molecule has 1 amide bonds. The minimum Gasteiger partial charge on any atom is -0.494 e. The molecule has 0 saturated carbocycles. The first kappa shape index (κ1) is 19.2. The highest BCUT2D eigenvalue weighted by atomic mass is 16.5. The topological polar surface area (TPSA) is 51.7 Å². The molecule has 0 aliphatic carbocycles. The molecule has 5 nitrogen and oxygen atoms in total. The predicted molar refractivity (Wildman–Crippen MR) is 114 cm³/mol. The van der Waals surface area contributed by atoms with Crippen LogP contribution in [0.25, 0.3) is 10.9 Å². The van der Waals surface area contributed by atoms with Gasteiger partial charge in [-0.3, -0.25) is 4.79 Å². The van der Waals surface area contributed by atoms with E-state index in [-0.39, 0.29) is 12.0 Å². The van der Waals surface area contributed by atoms with Gasteiger partial charge in [0.25, 0.3) is 5.91 Å². The van der Waals surface area contributed by atoms with Crippen LogP contribution < -0.4 is 9.47 Å². The average Bonchev–Trinajstić information content (AvgIpc) is 3.22. The quantitative estimate of drug-likeness (QED) is 0.549. The maximum absolute atomic E-state index is 12.8. The van der Waals surface area contributed by atoms with E-state index in [1.807, 2.05) is 65.6 Å². The van der Waals surface area contributed by atoms with Gasteiger partial charge < -0.3 is 14.4 Å². The third kappa shape index (κ3) is 4.67. The Morgan fingerprint density at radius 2 is 1.93 bits per heavy atom. The first-order chi connectivity index (χ1) is 14.2. The standard InChI is InChI=1S/C24H26N2O3/c1-2-3-16-28-20-11-8-19(9-12-20)24(27)26-15-14-21(17-26)29-23-13-10-18-6-4-5-7-22(18)25-23/h4-13,21H,2-3,14-17H2,1H3. The number of amides is 1. The smallest absolute Gasteiger partial charge is 0.253 e. The Labute approximate surface area is 171 Å². The third-order valence-corrected chi connectivity index (χ3v) is 5.16. The monoisotopic (exact) mass is 390 g/mol. The van der Waals surface area contributed by atoms with Crippen molar-refractivity contribution in [3.05, 3.63) is 66.2 Å². The van der Waals surface area contributed by atoms with Crippen molar-refractivity contribution in [2.24, 2.45) is 0 Å². The van der Waals surface area contributed by atoms with Crippen LogP contribution in [0, 0.1) is 0 Å². The van der Waals surface area contributed by atoms with Crippen LogP contribution in [0.1, 0.15) is 36.5 Å². The lowest BCUT2D eigenvalue weighted by atomic mass is 10.2. The van der Waals surface area contributed by atoms with Gasteiger partial charge >= 0.3 is 0 Å². The number of fused-ring (bicyclic) bond motifs is 1. The molecule has 0 bridgehead atoms. The van der Waals surface area contributed by atoms with Crippen molar-refractivity contribution in [3.63, 3.8) is 0 Å². The predicted octanol–water partition coefficient (Wildman–Crippen LogP) is 4.71. The maximum Gasteiger partial charge on any atom is 0.253 e. The van der Waals surface area contributed by atoms with Gasteiger partial charge in [-0.05, 0) is 42.8 Å². The molecule has 2 heterocycles. The summed E-state index contributed by atoms with van der Waals surface area (Å²) in [6, 6.07) is 19.3. The molecule has 0 radical (unpaired) electrons. The number of carbonyl (C=O) groups excluding carboxylic acids is 1. The second kappa shape index (κ2) is 8.95. The molecule has 1 aromatic heterocycles. The molecule has 2 aromatic carbocycles. The third-order valence-electron chi connectivity index (χ3n) is 5.16. The lowest BCUT2D eigenvalue weighted by molar-refractivity contribution is 0.0771. The first-order valence-corrected chi connectivity index (χ1v) is 10.3. The van der Waals surface area contributed by atoms with Gasteiger partial charge in [0.15, 0.2) is 0 Å². The van der Waals surface area contributed by atoms with Crippen molar-refractivity contribution in [2.45, 2.75) is 32.3 Å². The van der Waals surface area contributed by atoms with Crippen LogP contribution in [0.3, 0.4) is 0 Å². The van der Waals surface area contributed by atoms with E-state index in [0.717, 1.165) is 35.9 Å². The van der Waals surface area contributed by atoms with Gasteiger partial charge in [-0.2, -0.15) is 0 Å². The summed E-state index contributed by atoms with van der Waals surface area (Å²) in [7, 11) is 0. The fourth-order valence-corrected chi connectivity index (χ4v) is 3.50. The molecular weight excluding hydrogens is 364 g/mol. The van der Waals surface area contributed by atoms with Crippen molar-refractivity contribution in [1.82, 2.24) is 9.88 Å². The highest BCUT2D eigenvalue weighted by Gasteiger charge is 2.28.